The van der Waals surface area contributed by atoms with Gasteiger partial charge in [0.05, 0.1) is 0 Å². The first-order valence-corrected chi connectivity index (χ1v) is 10.6. The molecule has 0 aliphatic rings. The van der Waals surface area contributed by atoms with Crippen LogP contribution in [0.25, 0.3) is 17.3 Å². The summed E-state index contributed by atoms with van der Waals surface area (Å²) in [6, 6.07) is 24.8. The van der Waals surface area contributed by atoms with Crippen LogP contribution in [0.1, 0.15) is 15.9 Å². The summed E-state index contributed by atoms with van der Waals surface area (Å²) in [7, 11) is 0. The molecule has 0 saturated carbocycles. The summed E-state index contributed by atoms with van der Waals surface area (Å²) in [4.78, 5) is 17.2. The van der Waals surface area contributed by atoms with E-state index in [1.807, 2.05) is 48.6 Å². The molecule has 0 saturated heterocycles. The van der Waals surface area contributed by atoms with Crippen LogP contribution in [0.3, 0.4) is 0 Å². The van der Waals surface area contributed by atoms with Gasteiger partial charge in [-0.2, -0.15) is 5.10 Å². The van der Waals surface area contributed by atoms with Crippen LogP contribution < -0.4 is 10.7 Å². The van der Waals surface area contributed by atoms with E-state index < -0.39 is 0 Å². The summed E-state index contributed by atoms with van der Waals surface area (Å²) in [5.74, 6) is -0.592. The van der Waals surface area contributed by atoms with Gasteiger partial charge in [-0.1, -0.05) is 65.9 Å². The van der Waals surface area contributed by atoms with E-state index in [-0.39, 0.29) is 11.7 Å². The SMILES string of the molecule is O=C(Nc1sc(N/N=C\C=C\c2ccccc2)nc1-c1ccc(F)cc1)c1ccccc1. The second-order valence-corrected chi connectivity index (χ2v) is 7.68. The summed E-state index contributed by atoms with van der Waals surface area (Å²) < 4.78 is 13.4. The third-order valence-corrected chi connectivity index (χ3v) is 5.29. The van der Waals surface area contributed by atoms with Gasteiger partial charge in [-0.3, -0.25) is 10.2 Å². The maximum Gasteiger partial charge on any atom is 0.256 e. The van der Waals surface area contributed by atoms with E-state index in [4.69, 9.17) is 0 Å². The number of aromatic nitrogens is 1. The van der Waals surface area contributed by atoms with Gasteiger partial charge < -0.3 is 5.32 Å². The maximum atomic E-state index is 13.4. The lowest BCUT2D eigenvalue weighted by molar-refractivity contribution is 0.102. The number of nitrogens with one attached hydrogen (secondary N) is 2. The molecule has 0 aliphatic carbocycles. The van der Waals surface area contributed by atoms with Crippen LogP contribution in [0.15, 0.2) is 96.1 Å². The monoisotopic (exact) mass is 442 g/mol. The van der Waals surface area contributed by atoms with Crippen LogP contribution in [-0.4, -0.2) is 17.1 Å². The third kappa shape index (κ3) is 5.53. The van der Waals surface area contributed by atoms with Crippen molar-refractivity contribution >= 4 is 39.7 Å². The van der Waals surface area contributed by atoms with Gasteiger partial charge in [0.2, 0.25) is 5.13 Å². The van der Waals surface area contributed by atoms with Crippen LogP contribution in [0.2, 0.25) is 0 Å². The van der Waals surface area contributed by atoms with Gasteiger partial charge in [-0.05, 0) is 48.0 Å². The van der Waals surface area contributed by atoms with Crippen LogP contribution >= 0.6 is 11.3 Å². The quantitative estimate of drug-likeness (QED) is 0.260. The molecule has 0 spiro atoms. The van der Waals surface area contributed by atoms with E-state index in [0.29, 0.717) is 27.0 Å². The predicted octanol–water partition coefficient (Wildman–Crippen LogP) is 6.31. The number of nitrogens with zero attached hydrogens (tertiary/aromatic N) is 2. The molecule has 0 bridgehead atoms. The summed E-state index contributed by atoms with van der Waals surface area (Å²) in [6.45, 7) is 0. The lowest BCUT2D eigenvalue weighted by Gasteiger charge is -2.05. The molecule has 7 heteroatoms. The molecule has 158 valence electrons. The highest BCUT2D eigenvalue weighted by Crippen LogP contribution is 2.36. The fourth-order valence-electron chi connectivity index (χ4n) is 2.87. The fourth-order valence-corrected chi connectivity index (χ4v) is 3.71. The standard InChI is InChI=1S/C25H19FN4OS/c26-21-15-13-19(14-16-21)22-24(29-23(31)20-11-5-2-6-12-20)32-25(28-22)30-27-17-7-10-18-8-3-1-4-9-18/h1-17H,(H,28,30)(H,29,31)/b10-7+,27-17-. The van der Waals surface area contributed by atoms with E-state index in [1.54, 1.807) is 42.6 Å². The van der Waals surface area contributed by atoms with Gasteiger partial charge >= 0.3 is 0 Å². The van der Waals surface area contributed by atoms with Crippen LogP contribution in [0.4, 0.5) is 14.5 Å². The Morgan fingerprint density at radius 1 is 0.938 bits per heavy atom. The first kappa shape index (κ1) is 21.1. The van der Waals surface area contributed by atoms with Crippen molar-refractivity contribution in [1.82, 2.24) is 4.98 Å². The molecule has 32 heavy (non-hydrogen) atoms. The first-order valence-electron chi connectivity index (χ1n) is 9.83. The smallest absolute Gasteiger partial charge is 0.256 e. The molecule has 0 aliphatic heterocycles. The van der Waals surface area contributed by atoms with Crippen LogP contribution in [0, 0.1) is 5.82 Å². The molecule has 5 nitrogen and oxygen atoms in total. The molecule has 2 N–H and O–H groups in total. The molecule has 0 unspecified atom stereocenters. The number of carbonyl (C=O) groups excluding carboxylic acids is 1. The van der Waals surface area contributed by atoms with Crippen molar-refractivity contribution in [3.63, 3.8) is 0 Å². The number of carbonyl (C=O) groups is 1. The van der Waals surface area contributed by atoms with E-state index in [2.05, 4.69) is 20.8 Å². The zero-order valence-electron chi connectivity index (χ0n) is 16.9. The van der Waals surface area contributed by atoms with Crippen molar-refractivity contribution in [2.75, 3.05) is 10.7 Å². The van der Waals surface area contributed by atoms with Crippen molar-refractivity contribution in [1.29, 1.82) is 0 Å². The molecule has 0 radical (unpaired) electrons. The summed E-state index contributed by atoms with van der Waals surface area (Å²) in [5, 5.41) is 8.11. The number of amides is 1. The van der Waals surface area contributed by atoms with E-state index in [1.165, 1.54) is 23.5 Å². The number of hydrogen-bond donors (Lipinski definition) is 2. The minimum atomic E-state index is -0.341. The number of hydrazone groups is 1. The molecule has 0 atom stereocenters. The van der Waals surface area contributed by atoms with Gasteiger partial charge in [-0.25, -0.2) is 9.37 Å². The number of halogens is 1. The number of benzene rings is 3. The van der Waals surface area contributed by atoms with Gasteiger partial charge in [0.25, 0.3) is 5.91 Å². The van der Waals surface area contributed by atoms with Gasteiger partial charge in [0, 0.05) is 17.3 Å². The highest BCUT2D eigenvalue weighted by Gasteiger charge is 2.16. The lowest BCUT2D eigenvalue weighted by atomic mass is 10.1. The Bertz CT molecular complexity index is 1240. The normalized spacial score (nSPS) is 11.2. The Kier molecular flexibility index (Phi) is 6.79. The largest absolute Gasteiger partial charge is 0.312 e. The Balaban J connectivity index is 1.53. The van der Waals surface area contributed by atoms with E-state index >= 15 is 0 Å². The van der Waals surface area contributed by atoms with Gasteiger partial charge in [-0.15, -0.1) is 0 Å². The van der Waals surface area contributed by atoms with Crippen LogP contribution in [0.5, 0.6) is 0 Å². The number of rotatable bonds is 7. The minimum absolute atomic E-state index is 0.251. The highest BCUT2D eigenvalue weighted by molar-refractivity contribution is 7.20. The fraction of sp³-hybridized carbons (Fsp3) is 0. The van der Waals surface area contributed by atoms with Gasteiger partial charge in [0.15, 0.2) is 0 Å². The molecule has 4 aromatic rings. The average molecular weight is 443 g/mol. The van der Waals surface area contributed by atoms with E-state index in [0.717, 1.165) is 5.56 Å². The second kappa shape index (κ2) is 10.3. The van der Waals surface area contributed by atoms with E-state index in [9.17, 15) is 9.18 Å². The maximum absolute atomic E-state index is 13.4. The molecule has 4 rings (SSSR count). The molecule has 0 fully saturated rings. The summed E-state index contributed by atoms with van der Waals surface area (Å²) >= 11 is 1.25. The van der Waals surface area contributed by atoms with Crippen LogP contribution in [-0.2, 0) is 0 Å². The zero-order valence-corrected chi connectivity index (χ0v) is 17.7. The molecular weight excluding hydrogens is 423 g/mol. The average Bonchev–Trinajstić information content (AvgIpc) is 3.23. The Hall–Kier alpha value is -4.10. The molecule has 1 amide bonds. The third-order valence-electron chi connectivity index (χ3n) is 4.42. The van der Waals surface area contributed by atoms with Crippen molar-refractivity contribution in [3.05, 3.63) is 108 Å². The summed E-state index contributed by atoms with van der Waals surface area (Å²) in [5.41, 5.74) is 5.71. The molecule has 1 aromatic heterocycles. The first-order chi connectivity index (χ1) is 15.7. The lowest BCUT2D eigenvalue weighted by Crippen LogP contribution is -2.11. The van der Waals surface area contributed by atoms with Crippen molar-refractivity contribution in [2.45, 2.75) is 0 Å². The number of allylic oxidation sites excluding steroid dienone is 1. The Morgan fingerprint density at radius 3 is 2.34 bits per heavy atom. The molecular formula is C25H19FN4OS. The summed E-state index contributed by atoms with van der Waals surface area (Å²) in [6.07, 6.45) is 5.37. The number of hydrogen-bond acceptors (Lipinski definition) is 5. The molecule has 3 aromatic carbocycles. The Morgan fingerprint density at radius 2 is 1.62 bits per heavy atom. The number of thiazole rings is 1. The van der Waals surface area contributed by atoms with Crippen molar-refractivity contribution < 1.29 is 9.18 Å². The molecule has 1 heterocycles. The van der Waals surface area contributed by atoms with Gasteiger partial charge in [0.1, 0.15) is 16.5 Å². The van der Waals surface area contributed by atoms with Crippen molar-refractivity contribution in [2.24, 2.45) is 5.10 Å². The second-order valence-electron chi connectivity index (χ2n) is 6.68. The van der Waals surface area contributed by atoms with Crippen molar-refractivity contribution in [3.8, 4) is 11.3 Å². The predicted molar refractivity (Wildman–Crippen MR) is 129 cm³/mol. The highest BCUT2D eigenvalue weighted by atomic mass is 32.1. The topological polar surface area (TPSA) is 66.4 Å². The Labute approximate surface area is 189 Å². The zero-order chi connectivity index (χ0) is 22.2. The minimum Gasteiger partial charge on any atom is -0.312 e. The number of anilines is 2.